The second-order valence-electron chi connectivity index (χ2n) is 13.0. The number of fused-ring (bicyclic) bond motifs is 4. The van der Waals surface area contributed by atoms with E-state index in [0.29, 0.717) is 33.8 Å². The molecular formula is C38H31ClN8O6S. The SMILES string of the molecule is COC(=O)C[C@@H]1N=C(c2ccc(Cl)cc2)c2c(sc(Nc3ccc(Nc4cccc5c4C(=O)N(C4CCC(=O)NC4=O)C5=O)cc3)c2C)-n2c(C)nnc21. The number of anilines is 4. The smallest absolute Gasteiger partial charge is 0.308 e. The van der Waals surface area contributed by atoms with Gasteiger partial charge in [0.2, 0.25) is 11.8 Å². The zero-order valence-electron chi connectivity index (χ0n) is 29.1. The fourth-order valence-electron chi connectivity index (χ4n) is 6.92. The highest BCUT2D eigenvalue weighted by Crippen LogP contribution is 2.43. The molecule has 5 aromatic rings. The fraction of sp³-hybridized carbons (Fsp3) is 0.211. The van der Waals surface area contributed by atoms with Crippen molar-refractivity contribution < 1.29 is 28.7 Å². The molecule has 3 aromatic carbocycles. The summed E-state index contributed by atoms with van der Waals surface area (Å²) < 4.78 is 6.94. The van der Waals surface area contributed by atoms with Crippen LogP contribution in [0.3, 0.4) is 0 Å². The van der Waals surface area contributed by atoms with E-state index >= 15 is 0 Å². The molecule has 14 nitrogen and oxygen atoms in total. The normalized spacial score (nSPS) is 17.6. The molecule has 3 N–H and O–H groups in total. The van der Waals surface area contributed by atoms with Crippen molar-refractivity contribution in [2.45, 2.75) is 45.2 Å². The van der Waals surface area contributed by atoms with E-state index in [4.69, 9.17) is 21.3 Å². The minimum Gasteiger partial charge on any atom is -0.469 e. The summed E-state index contributed by atoms with van der Waals surface area (Å²) in [6.07, 6.45) is 0.101. The first-order valence-electron chi connectivity index (χ1n) is 17.0. The molecule has 1 unspecified atom stereocenters. The number of nitrogens with zero attached hydrogens (tertiary/aromatic N) is 5. The number of ether oxygens (including phenoxy) is 1. The molecule has 4 amide bonds. The first-order chi connectivity index (χ1) is 26.0. The number of imide groups is 2. The Hall–Kier alpha value is -6.19. The summed E-state index contributed by atoms with van der Waals surface area (Å²) in [6, 6.07) is 18.1. The Morgan fingerprint density at radius 3 is 2.37 bits per heavy atom. The molecule has 8 rings (SSSR count). The largest absolute Gasteiger partial charge is 0.469 e. The number of benzene rings is 3. The van der Waals surface area contributed by atoms with E-state index in [0.717, 1.165) is 37.3 Å². The standard InChI is InChI=1S/C38H31ClN8O6S/c1-18-30-32(20-7-9-21(39)10-8-20)42-26(17-29(49)53-3)33-45-44-19(2)46(33)38(30)54-35(18)41-23-13-11-22(12-14-23)40-25-6-4-5-24-31(25)37(52)47(36(24)51)27-15-16-28(48)43-34(27)50/h4-14,26-27,40-41H,15-17H2,1-3H3,(H,43,48,50)/t26-,27?/m0/s1. The van der Waals surface area contributed by atoms with Crippen LogP contribution in [0.4, 0.5) is 22.1 Å². The van der Waals surface area contributed by atoms with Crippen molar-refractivity contribution in [3.8, 4) is 5.00 Å². The minimum absolute atomic E-state index is 0.0143. The van der Waals surface area contributed by atoms with Gasteiger partial charge in [-0.05, 0) is 74.4 Å². The number of methoxy groups -OCH3 is 1. The van der Waals surface area contributed by atoms with Crippen LogP contribution in [0, 0.1) is 13.8 Å². The van der Waals surface area contributed by atoms with E-state index in [-0.39, 0.29) is 30.4 Å². The monoisotopic (exact) mass is 762 g/mol. The van der Waals surface area contributed by atoms with Gasteiger partial charge >= 0.3 is 5.97 Å². The number of aromatic nitrogens is 3. The Labute approximate surface area is 317 Å². The average molecular weight is 763 g/mol. The number of esters is 1. The number of thiophene rings is 1. The number of halogens is 1. The molecular weight excluding hydrogens is 732 g/mol. The average Bonchev–Trinajstić information content (AvgIpc) is 3.74. The van der Waals surface area contributed by atoms with Crippen molar-refractivity contribution in [2.24, 2.45) is 4.99 Å². The summed E-state index contributed by atoms with van der Waals surface area (Å²) in [4.78, 5) is 69.6. The number of carbonyl (C=O) groups is 5. The molecule has 0 radical (unpaired) electrons. The van der Waals surface area contributed by atoms with Gasteiger partial charge in [0.1, 0.15) is 22.9 Å². The van der Waals surface area contributed by atoms with E-state index in [9.17, 15) is 24.0 Å². The molecule has 3 aliphatic rings. The molecule has 0 spiro atoms. The maximum atomic E-state index is 13.6. The molecule has 272 valence electrons. The number of aliphatic imine (C=N–C) groups is 1. The lowest BCUT2D eigenvalue weighted by molar-refractivity contribution is -0.141. The first kappa shape index (κ1) is 34.9. The van der Waals surface area contributed by atoms with Crippen LogP contribution >= 0.6 is 22.9 Å². The predicted molar refractivity (Wildman–Crippen MR) is 201 cm³/mol. The zero-order valence-corrected chi connectivity index (χ0v) is 30.7. The third kappa shape index (κ3) is 6.00. The molecule has 0 bridgehead atoms. The van der Waals surface area contributed by atoms with Crippen molar-refractivity contribution in [1.29, 1.82) is 0 Å². The van der Waals surface area contributed by atoms with Gasteiger partial charge in [0.15, 0.2) is 5.82 Å². The predicted octanol–water partition coefficient (Wildman–Crippen LogP) is 5.94. The second-order valence-corrected chi connectivity index (χ2v) is 14.4. The van der Waals surface area contributed by atoms with Gasteiger partial charge in [-0.2, -0.15) is 0 Å². The van der Waals surface area contributed by atoms with Gasteiger partial charge < -0.3 is 15.4 Å². The zero-order chi connectivity index (χ0) is 37.8. The topological polar surface area (TPSA) is 177 Å². The number of rotatable bonds is 8. The molecule has 54 heavy (non-hydrogen) atoms. The summed E-state index contributed by atoms with van der Waals surface area (Å²) in [6.45, 7) is 3.86. The maximum absolute atomic E-state index is 13.6. The lowest BCUT2D eigenvalue weighted by atomic mass is 10.00. The molecule has 2 aromatic heterocycles. The number of piperidine rings is 1. The maximum Gasteiger partial charge on any atom is 0.308 e. The molecule has 1 fully saturated rings. The Balaban J connectivity index is 1.09. The molecule has 1 saturated heterocycles. The lowest BCUT2D eigenvalue weighted by Crippen LogP contribution is -2.54. The summed E-state index contributed by atoms with van der Waals surface area (Å²) in [5.41, 5.74) is 5.50. The van der Waals surface area contributed by atoms with Crippen molar-refractivity contribution in [1.82, 2.24) is 25.0 Å². The number of carbonyl (C=O) groups excluding carboxylic acids is 5. The van der Waals surface area contributed by atoms with Gasteiger partial charge in [-0.25, -0.2) is 0 Å². The second kappa shape index (κ2) is 13.7. The number of nitrogens with one attached hydrogen (secondary N) is 3. The van der Waals surface area contributed by atoms with E-state index in [1.165, 1.54) is 18.4 Å². The Morgan fingerprint density at radius 2 is 1.67 bits per heavy atom. The highest BCUT2D eigenvalue weighted by atomic mass is 35.5. The van der Waals surface area contributed by atoms with Crippen LogP contribution < -0.4 is 16.0 Å². The molecule has 2 atom stereocenters. The first-order valence-corrected chi connectivity index (χ1v) is 18.2. The van der Waals surface area contributed by atoms with E-state index in [2.05, 4.69) is 26.1 Å². The summed E-state index contributed by atoms with van der Waals surface area (Å²) in [7, 11) is 1.34. The van der Waals surface area contributed by atoms with Crippen molar-refractivity contribution in [2.75, 3.05) is 17.7 Å². The number of aryl methyl sites for hydroxylation is 1. The lowest BCUT2D eigenvalue weighted by Gasteiger charge is -2.27. The van der Waals surface area contributed by atoms with Gasteiger partial charge in [0.25, 0.3) is 11.8 Å². The van der Waals surface area contributed by atoms with Gasteiger partial charge in [0, 0.05) is 33.9 Å². The van der Waals surface area contributed by atoms with Crippen molar-refractivity contribution >= 4 is 80.3 Å². The fourth-order valence-corrected chi connectivity index (χ4v) is 8.34. The summed E-state index contributed by atoms with van der Waals surface area (Å²) in [5.74, 6) is -1.51. The van der Waals surface area contributed by atoms with Crippen LogP contribution in [0.1, 0.15) is 74.4 Å². The number of hydrogen-bond donors (Lipinski definition) is 3. The van der Waals surface area contributed by atoms with Crippen LogP contribution in [0.2, 0.25) is 5.02 Å². The third-order valence-electron chi connectivity index (χ3n) is 9.60. The highest BCUT2D eigenvalue weighted by molar-refractivity contribution is 7.19. The summed E-state index contributed by atoms with van der Waals surface area (Å²) in [5, 5.41) is 20.1. The van der Waals surface area contributed by atoms with Crippen molar-refractivity contribution in [3.63, 3.8) is 0 Å². The Kier molecular flexibility index (Phi) is 8.82. The quantitative estimate of drug-likeness (QED) is 0.127. The highest BCUT2D eigenvalue weighted by Gasteiger charge is 2.45. The van der Waals surface area contributed by atoms with Crippen molar-refractivity contribution in [3.05, 3.63) is 111 Å². The molecule has 16 heteroatoms. The van der Waals surface area contributed by atoms with Gasteiger partial charge in [-0.3, -0.25) is 43.7 Å². The third-order valence-corrected chi connectivity index (χ3v) is 11.0. The minimum atomic E-state index is -1.06. The molecule has 3 aliphatic heterocycles. The summed E-state index contributed by atoms with van der Waals surface area (Å²) >= 11 is 7.75. The van der Waals surface area contributed by atoms with Gasteiger partial charge in [-0.15, -0.1) is 10.2 Å². The van der Waals surface area contributed by atoms with E-state index < -0.39 is 41.7 Å². The van der Waals surface area contributed by atoms with Crippen LogP contribution in [0.25, 0.3) is 5.00 Å². The van der Waals surface area contributed by atoms with Crippen LogP contribution in [-0.2, 0) is 19.1 Å². The van der Waals surface area contributed by atoms with E-state index in [1.54, 1.807) is 30.3 Å². The van der Waals surface area contributed by atoms with Gasteiger partial charge in [-0.1, -0.05) is 41.1 Å². The Bertz CT molecular complexity index is 2440. The van der Waals surface area contributed by atoms with Gasteiger partial charge in [0.05, 0.1) is 41.1 Å². The van der Waals surface area contributed by atoms with Crippen LogP contribution in [0.15, 0.2) is 71.7 Å². The number of amides is 4. The van der Waals surface area contributed by atoms with Crippen LogP contribution in [-0.4, -0.2) is 68.1 Å². The molecule has 0 aliphatic carbocycles. The van der Waals surface area contributed by atoms with Crippen LogP contribution in [0.5, 0.6) is 0 Å². The molecule has 5 heterocycles. The van der Waals surface area contributed by atoms with E-state index in [1.807, 2.05) is 54.8 Å². The molecule has 0 saturated carbocycles. The Morgan fingerprint density at radius 1 is 0.944 bits per heavy atom. The number of hydrogen-bond acceptors (Lipinski definition) is 12.